The zero-order valence-electron chi connectivity index (χ0n) is 12.3. The molecule has 0 saturated carbocycles. The summed E-state index contributed by atoms with van der Waals surface area (Å²) in [7, 11) is 0. The Morgan fingerprint density at radius 3 is 2.43 bits per heavy atom. The Bertz CT molecular complexity index is 687. The van der Waals surface area contributed by atoms with Gasteiger partial charge < -0.3 is 5.73 Å². The summed E-state index contributed by atoms with van der Waals surface area (Å²) < 4.78 is 1.24. The first-order valence-electron chi connectivity index (χ1n) is 7.36. The number of hydrogen-bond acceptors (Lipinski definition) is 3. The molecule has 1 aromatic heterocycles. The summed E-state index contributed by atoms with van der Waals surface area (Å²) in [6, 6.07) is 18.8. The number of thiazole rings is 1. The highest BCUT2D eigenvalue weighted by Crippen LogP contribution is 2.27. The number of hydrogen-bond donors (Lipinski definition) is 1. The molecule has 0 fully saturated rings. The first-order valence-corrected chi connectivity index (χ1v) is 8.17. The highest BCUT2D eigenvalue weighted by Gasteiger charge is 2.25. The summed E-state index contributed by atoms with van der Waals surface area (Å²) >= 11 is 1.76. The van der Waals surface area contributed by atoms with Crippen LogP contribution in [0.3, 0.4) is 0 Å². The molecule has 3 rings (SSSR count). The molecular weight excluding hydrogens is 276 g/mol. The van der Waals surface area contributed by atoms with Crippen LogP contribution in [0.15, 0.2) is 54.6 Å². The van der Waals surface area contributed by atoms with Crippen LogP contribution >= 0.6 is 11.3 Å². The number of rotatable bonds is 5. The lowest BCUT2D eigenvalue weighted by Crippen LogP contribution is -2.43. The Hall–Kier alpha value is -1.71. The van der Waals surface area contributed by atoms with Crippen LogP contribution in [-0.2, 0) is 12.8 Å². The van der Waals surface area contributed by atoms with E-state index in [4.69, 9.17) is 10.7 Å². The zero-order chi connectivity index (χ0) is 14.7. The van der Waals surface area contributed by atoms with Gasteiger partial charge in [0.25, 0.3) is 0 Å². The minimum absolute atomic E-state index is 0.227. The molecule has 2 aromatic carbocycles. The number of para-hydroxylation sites is 1. The van der Waals surface area contributed by atoms with Crippen LogP contribution in [0, 0.1) is 0 Å². The van der Waals surface area contributed by atoms with Crippen molar-refractivity contribution in [2.75, 3.05) is 0 Å². The molecule has 2 nitrogen and oxygen atoms in total. The third kappa shape index (κ3) is 3.31. The molecule has 0 bridgehead atoms. The Morgan fingerprint density at radius 2 is 1.71 bits per heavy atom. The zero-order valence-corrected chi connectivity index (χ0v) is 13.1. The summed E-state index contributed by atoms with van der Waals surface area (Å²) in [5, 5.41) is 1.14. The van der Waals surface area contributed by atoms with Gasteiger partial charge in [0, 0.05) is 12.0 Å². The van der Waals surface area contributed by atoms with Crippen LogP contribution in [0.4, 0.5) is 0 Å². The lowest BCUT2D eigenvalue weighted by atomic mass is 9.86. The lowest BCUT2D eigenvalue weighted by molar-refractivity contribution is 0.404. The first-order chi connectivity index (χ1) is 10.2. The fourth-order valence-corrected chi connectivity index (χ4v) is 3.73. The molecule has 0 saturated heterocycles. The largest absolute Gasteiger partial charge is 0.324 e. The van der Waals surface area contributed by atoms with Crippen LogP contribution in [0.1, 0.15) is 23.9 Å². The van der Waals surface area contributed by atoms with Gasteiger partial charge in [0.1, 0.15) is 0 Å². The van der Waals surface area contributed by atoms with E-state index in [0.717, 1.165) is 29.8 Å². The van der Waals surface area contributed by atoms with Gasteiger partial charge in [-0.05, 0) is 30.5 Å². The smallest absolute Gasteiger partial charge is 0.0957 e. The standard InChI is InChI=1S/C18H20N2S/c1-2-18(19,12-14-8-4-3-5-9-14)13-17-20-15-10-6-7-11-16(15)21-17/h3-11H,2,12-13,19H2,1H3. The van der Waals surface area contributed by atoms with E-state index in [1.54, 1.807) is 11.3 Å². The molecule has 0 aliphatic carbocycles. The van der Waals surface area contributed by atoms with E-state index in [9.17, 15) is 0 Å². The summed E-state index contributed by atoms with van der Waals surface area (Å²) in [5.74, 6) is 0. The summed E-state index contributed by atoms with van der Waals surface area (Å²) in [6.07, 6.45) is 2.66. The van der Waals surface area contributed by atoms with Gasteiger partial charge in [-0.1, -0.05) is 49.4 Å². The number of aromatic nitrogens is 1. The fourth-order valence-electron chi connectivity index (χ4n) is 2.61. The maximum atomic E-state index is 6.65. The van der Waals surface area contributed by atoms with Crippen molar-refractivity contribution >= 4 is 21.6 Å². The van der Waals surface area contributed by atoms with E-state index >= 15 is 0 Å². The second-order valence-electron chi connectivity index (χ2n) is 5.63. The predicted octanol–water partition coefficient (Wildman–Crippen LogP) is 4.19. The molecule has 0 aliphatic rings. The summed E-state index contributed by atoms with van der Waals surface area (Å²) in [4.78, 5) is 4.73. The van der Waals surface area contributed by atoms with Gasteiger partial charge in [-0.25, -0.2) is 4.98 Å². The van der Waals surface area contributed by atoms with Crippen molar-refractivity contribution in [1.29, 1.82) is 0 Å². The highest BCUT2D eigenvalue weighted by molar-refractivity contribution is 7.18. The molecular formula is C18H20N2S. The van der Waals surface area contributed by atoms with Crippen LogP contribution in [0.5, 0.6) is 0 Å². The molecule has 3 aromatic rings. The number of nitrogens with two attached hydrogens (primary N) is 1. The van der Waals surface area contributed by atoms with Crippen molar-refractivity contribution in [3.05, 3.63) is 65.2 Å². The number of nitrogens with zero attached hydrogens (tertiary/aromatic N) is 1. The molecule has 1 heterocycles. The quantitative estimate of drug-likeness (QED) is 0.766. The van der Waals surface area contributed by atoms with Gasteiger partial charge in [-0.2, -0.15) is 0 Å². The number of benzene rings is 2. The van der Waals surface area contributed by atoms with Gasteiger partial charge in [0.05, 0.1) is 15.2 Å². The predicted molar refractivity (Wildman–Crippen MR) is 90.7 cm³/mol. The van der Waals surface area contributed by atoms with Crippen LogP contribution in [-0.4, -0.2) is 10.5 Å². The van der Waals surface area contributed by atoms with Gasteiger partial charge in [-0.15, -0.1) is 11.3 Å². The monoisotopic (exact) mass is 296 g/mol. The Kier molecular flexibility index (Phi) is 4.04. The summed E-state index contributed by atoms with van der Waals surface area (Å²) in [6.45, 7) is 2.16. The molecule has 0 amide bonds. The lowest BCUT2D eigenvalue weighted by Gasteiger charge is -2.27. The molecule has 1 atom stereocenters. The normalized spacial score (nSPS) is 14.2. The second kappa shape index (κ2) is 5.96. The fraction of sp³-hybridized carbons (Fsp3) is 0.278. The van der Waals surface area contributed by atoms with E-state index < -0.39 is 0 Å². The Balaban J connectivity index is 1.82. The van der Waals surface area contributed by atoms with Crippen molar-refractivity contribution in [1.82, 2.24) is 4.98 Å². The van der Waals surface area contributed by atoms with E-state index in [-0.39, 0.29) is 5.54 Å². The van der Waals surface area contributed by atoms with Gasteiger partial charge >= 0.3 is 0 Å². The SMILES string of the molecule is CCC(N)(Cc1ccccc1)Cc1nc2ccccc2s1. The van der Waals surface area contributed by atoms with Crippen LogP contribution in [0.25, 0.3) is 10.2 Å². The Morgan fingerprint density at radius 1 is 1.00 bits per heavy atom. The van der Waals surface area contributed by atoms with Crippen LogP contribution < -0.4 is 5.73 Å². The highest BCUT2D eigenvalue weighted by atomic mass is 32.1. The van der Waals surface area contributed by atoms with Gasteiger partial charge in [0.2, 0.25) is 0 Å². The molecule has 0 spiro atoms. The maximum absolute atomic E-state index is 6.65. The molecule has 3 heteroatoms. The number of fused-ring (bicyclic) bond motifs is 1. The molecule has 21 heavy (non-hydrogen) atoms. The topological polar surface area (TPSA) is 38.9 Å². The minimum atomic E-state index is -0.227. The van der Waals surface area contributed by atoms with Crippen molar-refractivity contribution < 1.29 is 0 Å². The third-order valence-electron chi connectivity index (χ3n) is 3.94. The minimum Gasteiger partial charge on any atom is -0.324 e. The third-order valence-corrected chi connectivity index (χ3v) is 4.98. The van der Waals surface area contributed by atoms with Crippen molar-refractivity contribution in [2.24, 2.45) is 5.73 Å². The van der Waals surface area contributed by atoms with E-state index in [0.29, 0.717) is 0 Å². The molecule has 108 valence electrons. The van der Waals surface area contributed by atoms with Gasteiger partial charge in [-0.3, -0.25) is 0 Å². The van der Waals surface area contributed by atoms with Crippen molar-refractivity contribution in [3.8, 4) is 0 Å². The second-order valence-corrected chi connectivity index (χ2v) is 6.75. The molecule has 0 aliphatic heterocycles. The molecule has 0 radical (unpaired) electrons. The van der Waals surface area contributed by atoms with Gasteiger partial charge in [0.15, 0.2) is 0 Å². The van der Waals surface area contributed by atoms with Crippen LogP contribution in [0.2, 0.25) is 0 Å². The Labute approximate surface area is 129 Å². The molecule has 2 N–H and O–H groups in total. The van der Waals surface area contributed by atoms with E-state index in [1.165, 1.54) is 10.3 Å². The first kappa shape index (κ1) is 14.2. The summed E-state index contributed by atoms with van der Waals surface area (Å²) in [5.41, 5.74) is 8.80. The maximum Gasteiger partial charge on any atom is 0.0957 e. The van der Waals surface area contributed by atoms with E-state index in [1.807, 2.05) is 12.1 Å². The van der Waals surface area contributed by atoms with Crippen molar-refractivity contribution in [3.63, 3.8) is 0 Å². The van der Waals surface area contributed by atoms with E-state index in [2.05, 4.69) is 49.4 Å². The average Bonchev–Trinajstić information content (AvgIpc) is 2.90. The molecule has 1 unspecified atom stereocenters. The average molecular weight is 296 g/mol. The van der Waals surface area contributed by atoms with Crippen molar-refractivity contribution in [2.45, 2.75) is 31.7 Å².